The van der Waals surface area contributed by atoms with Crippen molar-refractivity contribution >= 4 is 74.7 Å². The van der Waals surface area contributed by atoms with Crippen molar-refractivity contribution in [2.75, 3.05) is 18.4 Å². The number of nitrogens with one attached hydrogen (secondary N) is 6. The minimum Gasteiger partial charge on any atom is -0.372 e. The number of amides is 7. The Hall–Kier alpha value is -7.91. The third-order valence-electron chi connectivity index (χ3n) is 12.9. The average Bonchev–Trinajstić information content (AvgIpc) is 4.20. The minimum absolute atomic E-state index is 0.0212. The summed E-state index contributed by atoms with van der Waals surface area (Å²) in [7, 11) is 0. The number of nitrogens with two attached hydrogens (primary N) is 1. The number of fused-ring (bicyclic) bond motifs is 2. The molecule has 0 radical (unpaired) electrons. The number of hydrogen-bond acceptors (Lipinski definition) is 13. The van der Waals surface area contributed by atoms with E-state index in [-0.39, 0.29) is 48.3 Å². The van der Waals surface area contributed by atoms with Gasteiger partial charge in [-0.2, -0.15) is 0 Å². The second-order valence-electron chi connectivity index (χ2n) is 17.8. The molecule has 5 aromatic rings. The highest BCUT2D eigenvalue weighted by Gasteiger charge is 2.44. The van der Waals surface area contributed by atoms with Gasteiger partial charge in [-0.15, -0.1) is 0 Å². The van der Waals surface area contributed by atoms with Gasteiger partial charge in [0.25, 0.3) is 0 Å². The molecule has 0 aliphatic carbocycles. The van der Waals surface area contributed by atoms with Gasteiger partial charge in [-0.25, -0.2) is 4.63 Å². The van der Waals surface area contributed by atoms with Crippen LogP contribution in [0, 0.1) is 10.1 Å². The molecule has 22 heteroatoms. The molecule has 7 rings (SSSR count). The van der Waals surface area contributed by atoms with Crippen LogP contribution in [-0.4, -0.2) is 127 Å². The number of H-pyrrole nitrogens is 1. The highest BCUT2D eigenvalue weighted by molar-refractivity contribution is 5.99. The van der Waals surface area contributed by atoms with E-state index >= 15 is 0 Å². The van der Waals surface area contributed by atoms with Crippen molar-refractivity contribution < 1.29 is 43.1 Å². The van der Waals surface area contributed by atoms with Crippen molar-refractivity contribution in [1.29, 1.82) is 0 Å². The van der Waals surface area contributed by atoms with Crippen LogP contribution in [0.2, 0.25) is 0 Å². The number of carbonyl (C=O) groups excluding carboxylic acids is 7. The van der Waals surface area contributed by atoms with Crippen LogP contribution in [0.1, 0.15) is 76.8 Å². The molecule has 2 aliphatic rings. The zero-order valence-electron chi connectivity index (χ0n) is 39.1. The molecule has 7 atom stereocenters. The summed E-state index contributed by atoms with van der Waals surface area (Å²) in [5, 5.41) is 33.6. The van der Waals surface area contributed by atoms with Gasteiger partial charge < -0.3 is 47.1 Å². The van der Waals surface area contributed by atoms with Gasteiger partial charge in [0, 0.05) is 49.1 Å². The number of aromatic amines is 1. The molecule has 2 aliphatic heterocycles. The predicted octanol–water partition coefficient (Wildman–Crippen LogP) is 2.51. The third-order valence-corrected chi connectivity index (χ3v) is 12.9. The van der Waals surface area contributed by atoms with E-state index in [0.717, 1.165) is 22.9 Å². The van der Waals surface area contributed by atoms with Gasteiger partial charge in [0.15, 0.2) is 5.52 Å². The third kappa shape index (κ3) is 11.5. The fourth-order valence-corrected chi connectivity index (χ4v) is 9.11. The number of aromatic nitrogens is 3. The zero-order chi connectivity index (χ0) is 50.1. The molecule has 7 amide bonds. The molecule has 2 aromatic heterocycles. The van der Waals surface area contributed by atoms with Crippen molar-refractivity contribution in [3.8, 4) is 0 Å². The number of nitro benzene ring substituents is 1. The molecule has 0 spiro atoms. The molecular weight excluding hydrogens is 905 g/mol. The molecular formula is C48H58N12O10. The quantitative estimate of drug-likeness (QED) is 0.0411. The molecule has 370 valence electrons. The summed E-state index contributed by atoms with van der Waals surface area (Å²) >= 11 is 0. The predicted molar refractivity (Wildman–Crippen MR) is 255 cm³/mol. The summed E-state index contributed by atoms with van der Waals surface area (Å²) < 4.78 is 4.72. The van der Waals surface area contributed by atoms with Crippen molar-refractivity contribution in [2.24, 2.45) is 5.73 Å². The van der Waals surface area contributed by atoms with E-state index in [9.17, 15) is 43.7 Å². The number of anilines is 1. The Morgan fingerprint density at radius 3 is 2.19 bits per heavy atom. The number of benzene rings is 3. The Morgan fingerprint density at radius 2 is 1.46 bits per heavy atom. The first kappa shape index (κ1) is 50.0. The number of hydrogen-bond donors (Lipinski definition) is 7. The number of nitro groups is 1. The standard InChI is InChI=1S/C48H58N12O10/c1-4-5-16-34(42(49)61)53-46(65)38-18-11-22-58(38)48(67)39-19-12-23-59(39)47(66)36(24-29-13-7-6-8-14-29)55-45(64)35(25-30-26-50-32-17-10-9-15-31(30)32)54-44(63)28(3)52-43(62)27(2)51-33-20-21-37(60(68)69)41-40(33)56-70-57-41/h6-10,13-15,17,20-21,26-28,34-36,38-39,50-51H,4-5,11-12,16,18-19,22-25H2,1-3H3,(H2,49,61)(H,52,62)(H,53,65)(H,54,63)(H,55,64)/t27-,28-,34-,35-,36-,38-,39-/m0/s1. The smallest absolute Gasteiger partial charge is 0.300 e. The summed E-state index contributed by atoms with van der Waals surface area (Å²) in [5.74, 6) is -4.11. The number of non-ortho nitro benzene ring substituents is 1. The Balaban J connectivity index is 1.08. The number of para-hydroxylation sites is 1. The molecule has 8 N–H and O–H groups in total. The van der Waals surface area contributed by atoms with Crippen molar-refractivity contribution in [3.63, 3.8) is 0 Å². The first-order chi connectivity index (χ1) is 33.6. The van der Waals surface area contributed by atoms with Crippen LogP contribution in [0.25, 0.3) is 21.9 Å². The molecule has 0 bridgehead atoms. The normalized spacial score (nSPS) is 17.8. The second-order valence-corrected chi connectivity index (χ2v) is 17.8. The Bertz CT molecular complexity index is 2740. The van der Waals surface area contributed by atoms with Crippen LogP contribution >= 0.6 is 0 Å². The van der Waals surface area contributed by atoms with E-state index in [1.807, 2.05) is 49.4 Å². The van der Waals surface area contributed by atoms with Crippen LogP contribution in [0.3, 0.4) is 0 Å². The molecule has 2 fully saturated rings. The van der Waals surface area contributed by atoms with E-state index in [2.05, 4.69) is 41.9 Å². The van der Waals surface area contributed by atoms with Gasteiger partial charge in [0.05, 0.1) is 10.6 Å². The summed E-state index contributed by atoms with van der Waals surface area (Å²) in [6.07, 6.45) is 5.33. The van der Waals surface area contributed by atoms with Crippen molar-refractivity contribution in [3.05, 3.63) is 94.2 Å². The second kappa shape index (κ2) is 22.5. The lowest BCUT2D eigenvalue weighted by atomic mass is 10.0. The molecule has 2 saturated heterocycles. The van der Waals surface area contributed by atoms with E-state index in [1.165, 1.54) is 35.8 Å². The maximum absolute atomic E-state index is 14.8. The number of likely N-dealkylation sites (tertiary alicyclic amines) is 2. The SMILES string of the molecule is CCCC[C@H](NC(=O)[C@@H]1CCCN1C(=O)[C@@H]1CCCN1C(=O)[C@H](Cc1ccccc1)NC(=O)[C@H](Cc1c[nH]c2ccccc12)NC(=O)[C@H](C)NC(=O)[C@H](C)Nc1ccc([N+](=O)[O-])c2nonc12)C(N)=O. The maximum atomic E-state index is 14.8. The highest BCUT2D eigenvalue weighted by atomic mass is 16.6. The van der Waals surface area contributed by atoms with Crippen LogP contribution < -0.4 is 32.3 Å². The molecule has 4 heterocycles. The monoisotopic (exact) mass is 962 g/mol. The van der Waals surface area contributed by atoms with Crippen LogP contribution in [0.15, 0.2) is 77.6 Å². The van der Waals surface area contributed by atoms with Gasteiger partial charge in [-0.05, 0) is 79.5 Å². The molecule has 3 aromatic carbocycles. The number of unbranched alkanes of at least 4 members (excludes halogenated alkanes) is 1. The molecule has 0 unspecified atom stereocenters. The maximum Gasteiger partial charge on any atom is 0.300 e. The van der Waals surface area contributed by atoms with Gasteiger partial charge in [0.1, 0.15) is 42.3 Å². The lowest BCUT2D eigenvalue weighted by Crippen LogP contribution is -2.60. The summed E-state index contributed by atoms with van der Waals surface area (Å²) in [4.78, 5) is 114. The van der Waals surface area contributed by atoms with E-state index < -0.39 is 88.6 Å². The van der Waals surface area contributed by atoms with Crippen LogP contribution in [0.4, 0.5) is 11.4 Å². The topological polar surface area (TPSA) is 310 Å². The van der Waals surface area contributed by atoms with Gasteiger partial charge >= 0.3 is 5.69 Å². The summed E-state index contributed by atoms with van der Waals surface area (Å²) in [6, 6.07) is 11.7. The highest BCUT2D eigenvalue weighted by Crippen LogP contribution is 2.30. The number of nitrogens with zero attached hydrogens (tertiary/aromatic N) is 5. The molecule has 70 heavy (non-hydrogen) atoms. The lowest BCUT2D eigenvalue weighted by Gasteiger charge is -2.33. The number of carbonyl (C=O) groups is 7. The van der Waals surface area contributed by atoms with E-state index in [0.29, 0.717) is 44.1 Å². The fraction of sp³-hybridized carbons (Fsp3) is 0.438. The number of primary amides is 1. The molecule has 22 nitrogen and oxygen atoms in total. The van der Waals surface area contributed by atoms with Gasteiger partial charge in [-0.1, -0.05) is 68.3 Å². The average molecular weight is 963 g/mol. The zero-order valence-corrected chi connectivity index (χ0v) is 39.1. The lowest BCUT2D eigenvalue weighted by molar-refractivity contribution is -0.383. The van der Waals surface area contributed by atoms with Crippen molar-refractivity contribution in [2.45, 2.75) is 121 Å². The van der Waals surface area contributed by atoms with Gasteiger partial charge in [-0.3, -0.25) is 43.7 Å². The van der Waals surface area contributed by atoms with Crippen LogP contribution in [-0.2, 0) is 46.4 Å². The molecule has 0 saturated carbocycles. The largest absolute Gasteiger partial charge is 0.372 e. The minimum atomic E-state index is -1.28. The Labute approximate surface area is 402 Å². The fourth-order valence-electron chi connectivity index (χ4n) is 9.11. The first-order valence-corrected chi connectivity index (χ1v) is 23.5. The van der Waals surface area contributed by atoms with Crippen LogP contribution in [0.5, 0.6) is 0 Å². The van der Waals surface area contributed by atoms with E-state index in [4.69, 9.17) is 10.4 Å². The van der Waals surface area contributed by atoms with E-state index in [1.54, 1.807) is 18.3 Å². The Morgan fingerprint density at radius 1 is 0.786 bits per heavy atom. The van der Waals surface area contributed by atoms with Gasteiger partial charge in [0.2, 0.25) is 46.9 Å². The summed E-state index contributed by atoms with van der Waals surface area (Å²) in [6.45, 7) is 5.40. The van der Waals surface area contributed by atoms with Crippen molar-refractivity contribution in [1.82, 2.24) is 46.4 Å². The summed E-state index contributed by atoms with van der Waals surface area (Å²) in [5.41, 5.74) is 7.60. The Kier molecular flexibility index (Phi) is 16.0. The first-order valence-electron chi connectivity index (χ1n) is 23.5. The number of rotatable bonds is 21.